The smallest absolute Gasteiger partial charge is 0.714 e. The quantitative estimate of drug-likeness (QED) is 0.301. The number of aromatic nitrogens is 1. The van der Waals surface area contributed by atoms with Crippen LogP contribution in [0.15, 0.2) is 51.5 Å². The van der Waals surface area contributed by atoms with Gasteiger partial charge in [0.25, 0.3) is 0 Å². The summed E-state index contributed by atoms with van der Waals surface area (Å²) in [6, 6.07) is 12.1. The monoisotopic (exact) mass is 382 g/mol. The molecule has 0 N–H and O–H groups in total. The van der Waals surface area contributed by atoms with Crippen LogP contribution >= 0.6 is 22.1 Å². The number of hydrogen-bond acceptors (Lipinski definition) is 7. The van der Waals surface area contributed by atoms with E-state index < -0.39 is 0 Å². The Morgan fingerprint density at radius 2 is 1.92 bits per heavy atom. The first kappa shape index (κ1) is 19.8. The number of anilines is 1. The van der Waals surface area contributed by atoms with E-state index in [2.05, 4.69) is 34.3 Å². The zero-order valence-electron chi connectivity index (χ0n) is 14.0. The molecule has 0 atom stereocenters. The first-order valence-electron chi connectivity index (χ1n) is 6.97. The maximum Gasteiger partial charge on any atom is 1.00 e. The summed E-state index contributed by atoms with van der Waals surface area (Å²) in [4.78, 5) is 7.44. The molecule has 24 heavy (non-hydrogen) atoms. The molecule has 0 aliphatic carbocycles. The van der Waals surface area contributed by atoms with E-state index in [4.69, 9.17) is 11.7 Å². The number of azo groups is 1. The van der Waals surface area contributed by atoms with Gasteiger partial charge in [-0.05, 0) is 42.8 Å². The summed E-state index contributed by atoms with van der Waals surface area (Å²) in [5, 5.41) is 9.27. The molecule has 0 aliphatic rings. The van der Waals surface area contributed by atoms with Gasteiger partial charge in [0.15, 0.2) is 0 Å². The van der Waals surface area contributed by atoms with Gasteiger partial charge >= 0.3 is 29.6 Å². The van der Waals surface area contributed by atoms with Crippen LogP contribution in [0, 0.1) is 6.92 Å². The maximum atomic E-state index is 5.13. The van der Waals surface area contributed by atoms with E-state index in [9.17, 15) is 0 Å². The van der Waals surface area contributed by atoms with Crippen molar-refractivity contribution < 1.29 is 29.6 Å². The van der Waals surface area contributed by atoms with Crippen LogP contribution in [-0.2, 0) is 11.7 Å². The molecule has 0 spiro atoms. The van der Waals surface area contributed by atoms with Crippen LogP contribution in [0.1, 0.15) is 5.56 Å². The molecule has 118 valence electrons. The third-order valence-corrected chi connectivity index (χ3v) is 5.27. The zero-order chi connectivity index (χ0) is 16.4. The number of rotatable bonds is 4. The third-order valence-electron chi connectivity index (χ3n) is 3.33. The molecule has 0 amide bonds. The second kappa shape index (κ2) is 8.69. The number of hydrogen-bond donors (Lipinski definition) is 0. The van der Waals surface area contributed by atoms with E-state index in [-0.39, 0.29) is 29.6 Å². The van der Waals surface area contributed by atoms with Crippen molar-refractivity contribution in [2.45, 2.75) is 11.8 Å². The van der Waals surface area contributed by atoms with Gasteiger partial charge in [0, 0.05) is 24.7 Å². The van der Waals surface area contributed by atoms with Crippen LogP contribution in [0.25, 0.3) is 10.2 Å². The number of benzene rings is 2. The molecular formula is C16H15N4NaS3. The molecule has 0 unspecified atom stereocenters. The molecule has 0 radical (unpaired) electrons. The Kier molecular flexibility index (Phi) is 7.15. The summed E-state index contributed by atoms with van der Waals surface area (Å²) in [6.45, 7) is 2.07. The number of aryl methyl sites for hydroxylation is 1. The largest absolute Gasteiger partial charge is 1.00 e. The summed E-state index contributed by atoms with van der Waals surface area (Å²) in [5.74, 6) is 0. The number of thiazole rings is 1. The topological polar surface area (TPSA) is 40.9 Å². The van der Waals surface area contributed by atoms with E-state index in [0.29, 0.717) is 5.13 Å². The Bertz CT molecular complexity index is 877. The fourth-order valence-electron chi connectivity index (χ4n) is 2.09. The standard InChI is InChI=1S/C16H16N4S3.Na/c1-10-4-6-12-14(8-10)22-16(17-12)19-18-13-7-5-11(20(2)3)9-15(13)23-21;/h4-9,21H,1-3H3;/q;+1/p-1. The van der Waals surface area contributed by atoms with Gasteiger partial charge in [-0.2, -0.15) is 0 Å². The molecule has 0 fully saturated rings. The molecule has 4 nitrogen and oxygen atoms in total. The van der Waals surface area contributed by atoms with Gasteiger partial charge in [-0.1, -0.05) is 17.4 Å². The summed E-state index contributed by atoms with van der Waals surface area (Å²) >= 11 is 6.67. The van der Waals surface area contributed by atoms with Crippen molar-refractivity contribution in [3.05, 3.63) is 42.0 Å². The van der Waals surface area contributed by atoms with Gasteiger partial charge in [-0.3, -0.25) is 10.8 Å². The van der Waals surface area contributed by atoms with E-state index >= 15 is 0 Å². The SMILES string of the molecule is Cc1ccc2nc(N=Nc3ccc(N(C)C)cc3S[S-])sc2c1.[Na+]. The van der Waals surface area contributed by atoms with Crippen LogP contribution in [0.2, 0.25) is 0 Å². The van der Waals surface area contributed by atoms with Gasteiger partial charge in [0.2, 0.25) is 5.13 Å². The van der Waals surface area contributed by atoms with Crippen LogP contribution < -0.4 is 34.5 Å². The molecule has 3 rings (SSSR count). The minimum Gasteiger partial charge on any atom is -0.714 e. The second-order valence-electron chi connectivity index (χ2n) is 5.30. The van der Waals surface area contributed by atoms with E-state index in [1.165, 1.54) is 27.7 Å². The van der Waals surface area contributed by atoms with E-state index in [1.807, 2.05) is 43.3 Å². The molecule has 2 aromatic carbocycles. The molecule has 1 heterocycles. The maximum absolute atomic E-state index is 5.13. The Hall–Kier alpha value is -0.570. The average molecular weight is 383 g/mol. The Morgan fingerprint density at radius 1 is 1.12 bits per heavy atom. The minimum atomic E-state index is 0. The normalized spacial score (nSPS) is 11.0. The molecule has 0 bridgehead atoms. The fourth-order valence-corrected chi connectivity index (χ4v) is 3.74. The second-order valence-corrected chi connectivity index (χ2v) is 7.41. The van der Waals surface area contributed by atoms with Crippen LogP contribution in [0.4, 0.5) is 16.5 Å². The van der Waals surface area contributed by atoms with Gasteiger partial charge in [0.1, 0.15) is 0 Å². The number of fused-ring (bicyclic) bond motifs is 1. The van der Waals surface area contributed by atoms with Crippen LogP contribution in [0.3, 0.4) is 0 Å². The predicted molar refractivity (Wildman–Crippen MR) is 103 cm³/mol. The summed E-state index contributed by atoms with van der Waals surface area (Å²) in [7, 11) is 5.25. The van der Waals surface area contributed by atoms with Crippen molar-refractivity contribution >= 4 is 60.5 Å². The Morgan fingerprint density at radius 3 is 2.62 bits per heavy atom. The first-order valence-corrected chi connectivity index (χ1v) is 9.53. The Balaban J connectivity index is 0.00000208. The summed E-state index contributed by atoms with van der Waals surface area (Å²) < 4.78 is 1.12. The van der Waals surface area contributed by atoms with Crippen molar-refractivity contribution in [3.63, 3.8) is 0 Å². The van der Waals surface area contributed by atoms with Gasteiger partial charge < -0.3 is 16.6 Å². The van der Waals surface area contributed by atoms with Crippen molar-refractivity contribution in [1.29, 1.82) is 0 Å². The Labute approximate surface area is 176 Å². The van der Waals surface area contributed by atoms with E-state index in [0.717, 1.165) is 26.5 Å². The molecule has 0 saturated heterocycles. The van der Waals surface area contributed by atoms with Crippen LogP contribution in [0.5, 0.6) is 0 Å². The number of nitrogens with zero attached hydrogens (tertiary/aromatic N) is 4. The van der Waals surface area contributed by atoms with Crippen molar-refractivity contribution in [3.8, 4) is 0 Å². The summed E-state index contributed by atoms with van der Waals surface area (Å²) in [6.07, 6.45) is 0. The van der Waals surface area contributed by atoms with Gasteiger partial charge in [-0.15, -0.1) is 10.2 Å². The van der Waals surface area contributed by atoms with E-state index in [1.54, 1.807) is 0 Å². The fraction of sp³-hybridized carbons (Fsp3) is 0.188. The van der Waals surface area contributed by atoms with Crippen molar-refractivity contribution in [2.24, 2.45) is 10.2 Å². The van der Waals surface area contributed by atoms with Crippen molar-refractivity contribution in [1.82, 2.24) is 4.98 Å². The van der Waals surface area contributed by atoms with Crippen molar-refractivity contribution in [2.75, 3.05) is 19.0 Å². The molecule has 1 aromatic heterocycles. The molecule has 8 heteroatoms. The van der Waals surface area contributed by atoms with Gasteiger partial charge in [0.05, 0.1) is 15.9 Å². The van der Waals surface area contributed by atoms with Gasteiger partial charge in [-0.25, -0.2) is 4.98 Å². The molecule has 0 aliphatic heterocycles. The minimum absolute atomic E-state index is 0. The van der Waals surface area contributed by atoms with Crippen LogP contribution in [-0.4, -0.2) is 19.1 Å². The molecular weight excluding hydrogens is 367 g/mol. The third kappa shape index (κ3) is 4.53. The first-order chi connectivity index (χ1) is 11.1. The zero-order valence-corrected chi connectivity index (χ0v) is 18.4. The predicted octanol–water partition coefficient (Wildman–Crippen LogP) is 2.64. The molecule has 3 aromatic rings. The summed E-state index contributed by atoms with van der Waals surface area (Å²) in [5.41, 5.74) is 4.03. The molecule has 0 saturated carbocycles. The average Bonchev–Trinajstić information content (AvgIpc) is 2.94.